The van der Waals surface area contributed by atoms with Crippen LogP contribution < -0.4 is 11.5 Å². The third-order valence-corrected chi connectivity index (χ3v) is 2.07. The quantitative estimate of drug-likeness (QED) is 0.835. The topological polar surface area (TPSA) is 69.1 Å². The maximum absolute atomic E-state index is 10.6. The minimum absolute atomic E-state index is 0. The lowest BCUT2D eigenvalue weighted by molar-refractivity contribution is -0.118. The first kappa shape index (κ1) is 13.2. The zero-order chi connectivity index (χ0) is 9.84. The molecule has 14 heavy (non-hydrogen) atoms. The number of primary amides is 1. The molecule has 1 aromatic rings. The van der Waals surface area contributed by atoms with Gasteiger partial charge in [-0.05, 0) is 11.6 Å². The summed E-state index contributed by atoms with van der Waals surface area (Å²) in [5.41, 5.74) is 11.5. The van der Waals surface area contributed by atoms with Gasteiger partial charge in [0.25, 0.3) is 0 Å². The van der Waals surface area contributed by atoms with E-state index in [9.17, 15) is 4.79 Å². The molecule has 0 saturated carbocycles. The van der Waals surface area contributed by atoms with Gasteiger partial charge in [0.05, 0.1) is 0 Å². The third kappa shape index (κ3) is 3.54. The number of halogens is 2. The standard InChI is InChI=1S/C9H11ClN2O.ClH/c10-7-4-2-1-3-6(7)8(11)5-9(12)13;/h1-4,8H,5,11H2,(H2,12,13);1H. The van der Waals surface area contributed by atoms with Crippen molar-refractivity contribution >= 4 is 29.9 Å². The summed E-state index contributed by atoms with van der Waals surface area (Å²) in [5, 5.41) is 0.566. The zero-order valence-electron chi connectivity index (χ0n) is 7.44. The van der Waals surface area contributed by atoms with Crippen LogP contribution in [0.3, 0.4) is 0 Å². The van der Waals surface area contributed by atoms with Crippen molar-refractivity contribution in [3.63, 3.8) is 0 Å². The largest absolute Gasteiger partial charge is 0.370 e. The van der Waals surface area contributed by atoms with Crippen LogP contribution in [0.4, 0.5) is 0 Å². The van der Waals surface area contributed by atoms with Gasteiger partial charge in [0, 0.05) is 17.5 Å². The van der Waals surface area contributed by atoms with Crippen molar-refractivity contribution in [3.8, 4) is 0 Å². The number of benzene rings is 1. The van der Waals surface area contributed by atoms with E-state index in [1.54, 1.807) is 12.1 Å². The monoisotopic (exact) mass is 234 g/mol. The van der Waals surface area contributed by atoms with Gasteiger partial charge in [-0.3, -0.25) is 4.79 Å². The molecule has 0 spiro atoms. The molecule has 0 radical (unpaired) electrons. The number of carbonyl (C=O) groups excluding carboxylic acids is 1. The first-order valence-electron chi connectivity index (χ1n) is 3.89. The van der Waals surface area contributed by atoms with E-state index in [0.29, 0.717) is 5.02 Å². The minimum Gasteiger partial charge on any atom is -0.370 e. The van der Waals surface area contributed by atoms with Crippen molar-refractivity contribution in [1.29, 1.82) is 0 Å². The van der Waals surface area contributed by atoms with Crippen molar-refractivity contribution in [3.05, 3.63) is 34.9 Å². The molecule has 3 nitrogen and oxygen atoms in total. The van der Waals surface area contributed by atoms with Crippen molar-refractivity contribution in [2.24, 2.45) is 11.5 Å². The van der Waals surface area contributed by atoms with E-state index in [-0.39, 0.29) is 18.8 Å². The Kier molecular flexibility index (Phi) is 5.53. The number of hydrogen-bond donors (Lipinski definition) is 2. The van der Waals surface area contributed by atoms with Crippen LogP contribution in [0.25, 0.3) is 0 Å². The first-order valence-corrected chi connectivity index (χ1v) is 4.27. The predicted octanol–water partition coefficient (Wildman–Crippen LogP) is 1.64. The van der Waals surface area contributed by atoms with Crippen molar-refractivity contribution < 1.29 is 4.79 Å². The highest BCUT2D eigenvalue weighted by atomic mass is 35.5. The van der Waals surface area contributed by atoms with Crippen LogP contribution in [0.15, 0.2) is 24.3 Å². The molecule has 5 heteroatoms. The Hall–Kier alpha value is -0.770. The molecular weight excluding hydrogens is 223 g/mol. The first-order chi connectivity index (χ1) is 6.11. The Morgan fingerprint density at radius 2 is 2.00 bits per heavy atom. The highest BCUT2D eigenvalue weighted by molar-refractivity contribution is 6.31. The lowest BCUT2D eigenvalue weighted by Crippen LogP contribution is -2.20. The van der Waals surface area contributed by atoms with E-state index in [1.807, 2.05) is 12.1 Å². The zero-order valence-corrected chi connectivity index (χ0v) is 9.02. The van der Waals surface area contributed by atoms with E-state index in [1.165, 1.54) is 0 Å². The number of nitrogens with two attached hydrogens (primary N) is 2. The maximum atomic E-state index is 10.6. The lowest BCUT2D eigenvalue weighted by Gasteiger charge is -2.10. The molecule has 1 unspecified atom stereocenters. The van der Waals surface area contributed by atoms with Gasteiger partial charge in [-0.1, -0.05) is 29.8 Å². The molecule has 0 aliphatic rings. The summed E-state index contributed by atoms with van der Waals surface area (Å²) in [4.78, 5) is 10.6. The molecule has 1 amide bonds. The SMILES string of the molecule is Cl.NC(=O)CC(N)c1ccccc1Cl. The van der Waals surface area contributed by atoms with Crippen LogP contribution >= 0.6 is 24.0 Å². The molecule has 1 rings (SSSR count). The molecule has 4 N–H and O–H groups in total. The molecule has 1 aromatic carbocycles. The number of rotatable bonds is 3. The second kappa shape index (κ2) is 5.86. The van der Waals surface area contributed by atoms with Crippen LogP contribution in [0.1, 0.15) is 18.0 Å². The normalized spacial score (nSPS) is 11.6. The Balaban J connectivity index is 0.00000169. The molecule has 0 saturated heterocycles. The fraction of sp³-hybridized carbons (Fsp3) is 0.222. The van der Waals surface area contributed by atoms with Crippen molar-refractivity contribution in [2.75, 3.05) is 0 Å². The Morgan fingerprint density at radius 3 is 2.50 bits per heavy atom. The van der Waals surface area contributed by atoms with Crippen molar-refractivity contribution in [1.82, 2.24) is 0 Å². The van der Waals surface area contributed by atoms with Gasteiger partial charge >= 0.3 is 0 Å². The summed E-state index contributed by atoms with van der Waals surface area (Å²) in [6, 6.07) is 6.74. The summed E-state index contributed by atoms with van der Waals surface area (Å²) < 4.78 is 0. The second-order valence-corrected chi connectivity index (χ2v) is 3.21. The molecule has 0 aliphatic carbocycles. The van der Waals surface area contributed by atoms with Crippen LogP contribution in [0.5, 0.6) is 0 Å². The van der Waals surface area contributed by atoms with Crippen LogP contribution in [-0.2, 0) is 4.79 Å². The number of carbonyl (C=O) groups is 1. The van der Waals surface area contributed by atoms with Gasteiger partial charge in [-0.25, -0.2) is 0 Å². The fourth-order valence-corrected chi connectivity index (χ4v) is 1.38. The average Bonchev–Trinajstić information content (AvgIpc) is 2.03. The van der Waals surface area contributed by atoms with Crippen LogP contribution in [0, 0.1) is 0 Å². The highest BCUT2D eigenvalue weighted by Gasteiger charge is 2.11. The van der Waals surface area contributed by atoms with Gasteiger partial charge < -0.3 is 11.5 Å². The van der Waals surface area contributed by atoms with Gasteiger partial charge in [0.15, 0.2) is 0 Å². The van der Waals surface area contributed by atoms with E-state index in [0.717, 1.165) is 5.56 Å². The lowest BCUT2D eigenvalue weighted by atomic mass is 10.0. The van der Waals surface area contributed by atoms with E-state index in [4.69, 9.17) is 23.1 Å². The van der Waals surface area contributed by atoms with E-state index < -0.39 is 11.9 Å². The minimum atomic E-state index is -0.424. The molecule has 1 atom stereocenters. The third-order valence-electron chi connectivity index (χ3n) is 1.73. The van der Waals surface area contributed by atoms with Gasteiger partial charge in [0.2, 0.25) is 5.91 Å². The summed E-state index contributed by atoms with van der Waals surface area (Å²) >= 11 is 5.87. The van der Waals surface area contributed by atoms with E-state index in [2.05, 4.69) is 0 Å². The van der Waals surface area contributed by atoms with Crippen LogP contribution in [-0.4, -0.2) is 5.91 Å². The van der Waals surface area contributed by atoms with Gasteiger partial charge in [-0.15, -0.1) is 12.4 Å². The van der Waals surface area contributed by atoms with Gasteiger partial charge in [-0.2, -0.15) is 0 Å². The Bertz CT molecular complexity index is 317. The fourth-order valence-electron chi connectivity index (χ4n) is 1.10. The smallest absolute Gasteiger partial charge is 0.219 e. The second-order valence-electron chi connectivity index (χ2n) is 2.80. The molecule has 0 aromatic heterocycles. The Morgan fingerprint density at radius 1 is 1.43 bits per heavy atom. The summed E-state index contributed by atoms with van der Waals surface area (Å²) in [5.74, 6) is -0.424. The maximum Gasteiger partial charge on any atom is 0.219 e. The summed E-state index contributed by atoms with van der Waals surface area (Å²) in [6.07, 6.45) is 0.115. The van der Waals surface area contributed by atoms with Crippen molar-refractivity contribution in [2.45, 2.75) is 12.5 Å². The molecule has 0 aliphatic heterocycles. The molecule has 0 fully saturated rings. The van der Waals surface area contributed by atoms with E-state index >= 15 is 0 Å². The molecular formula is C9H12Cl2N2O. The molecule has 0 bridgehead atoms. The number of amides is 1. The number of hydrogen-bond acceptors (Lipinski definition) is 2. The van der Waals surface area contributed by atoms with Crippen LogP contribution in [0.2, 0.25) is 5.02 Å². The average molecular weight is 235 g/mol. The highest BCUT2D eigenvalue weighted by Crippen LogP contribution is 2.22. The summed E-state index contributed by atoms with van der Waals surface area (Å²) in [7, 11) is 0. The molecule has 0 heterocycles. The predicted molar refractivity (Wildman–Crippen MR) is 59.4 cm³/mol. The summed E-state index contributed by atoms with van der Waals surface area (Å²) in [6.45, 7) is 0. The molecule has 78 valence electrons. The Labute approximate surface area is 93.8 Å². The van der Waals surface area contributed by atoms with Gasteiger partial charge in [0.1, 0.15) is 0 Å².